The zero-order valence-corrected chi connectivity index (χ0v) is 11.3. The van der Waals surface area contributed by atoms with E-state index < -0.39 is 11.9 Å². The molecule has 1 aliphatic rings. The van der Waals surface area contributed by atoms with Crippen LogP contribution in [0.15, 0.2) is 36.4 Å². The Kier molecular flexibility index (Phi) is 3.28. The molecule has 6 heteroatoms. The van der Waals surface area contributed by atoms with Gasteiger partial charge in [-0.25, -0.2) is 0 Å². The molecular weight excluding hydrogens is 278 g/mol. The Morgan fingerprint density at radius 1 is 1.25 bits per heavy atom. The van der Waals surface area contributed by atoms with Gasteiger partial charge in [0.2, 0.25) is 0 Å². The number of hydrogen-bond acceptors (Lipinski definition) is 4. The van der Waals surface area contributed by atoms with Crippen LogP contribution in [-0.2, 0) is 11.3 Å². The third-order valence-corrected chi connectivity index (χ3v) is 3.64. The van der Waals surface area contributed by atoms with Gasteiger partial charge in [-0.1, -0.05) is 35.9 Å². The number of carbonyl (C=O) groups is 1. The second kappa shape index (κ2) is 5.09. The summed E-state index contributed by atoms with van der Waals surface area (Å²) in [6, 6.07) is 11.0. The zero-order chi connectivity index (χ0) is 14.1. The van der Waals surface area contributed by atoms with Gasteiger partial charge in [-0.05, 0) is 23.3 Å². The minimum atomic E-state index is -0.830. The fraction of sp³-hybridized carbons (Fsp3) is 0.214. The molecule has 0 spiro atoms. The molecule has 0 saturated carbocycles. The number of aliphatic carboxylic acids is 1. The van der Waals surface area contributed by atoms with E-state index in [1.165, 1.54) is 0 Å². The fourth-order valence-electron chi connectivity index (χ4n) is 2.47. The molecule has 5 nitrogen and oxygen atoms in total. The Balaban J connectivity index is 1.97. The molecule has 2 heterocycles. The van der Waals surface area contributed by atoms with E-state index in [1.807, 2.05) is 29.2 Å². The van der Waals surface area contributed by atoms with E-state index in [-0.39, 0.29) is 0 Å². The number of fused-ring (bicyclic) bond motifs is 1. The molecule has 0 fully saturated rings. The average molecular weight is 290 g/mol. The molecule has 1 aromatic carbocycles. The first kappa shape index (κ1) is 12.9. The Morgan fingerprint density at radius 2 is 2.05 bits per heavy atom. The number of halogens is 1. The van der Waals surface area contributed by atoms with Crippen molar-refractivity contribution in [1.29, 1.82) is 0 Å². The first-order valence-electron chi connectivity index (χ1n) is 6.20. The molecule has 1 aromatic heterocycles. The lowest BCUT2D eigenvalue weighted by atomic mass is 9.90. The highest BCUT2D eigenvalue weighted by Crippen LogP contribution is 2.30. The lowest BCUT2D eigenvalue weighted by Crippen LogP contribution is -2.37. The molecule has 0 radical (unpaired) electrons. The van der Waals surface area contributed by atoms with Crippen LogP contribution in [0.3, 0.4) is 0 Å². The normalized spacial score (nSPS) is 17.6. The van der Waals surface area contributed by atoms with E-state index in [0.717, 1.165) is 11.1 Å². The molecule has 0 bridgehead atoms. The van der Waals surface area contributed by atoms with Gasteiger partial charge in [-0.3, -0.25) is 4.79 Å². The highest BCUT2D eigenvalue weighted by atomic mass is 35.5. The van der Waals surface area contributed by atoms with Crippen molar-refractivity contribution in [2.24, 2.45) is 0 Å². The molecule has 1 N–H and O–H groups in total. The van der Waals surface area contributed by atoms with Crippen molar-refractivity contribution in [2.45, 2.75) is 12.5 Å². The summed E-state index contributed by atoms with van der Waals surface area (Å²) in [5.41, 5.74) is 1.88. The van der Waals surface area contributed by atoms with Crippen LogP contribution < -0.4 is 4.90 Å². The third kappa shape index (κ3) is 2.32. The number of anilines is 1. The van der Waals surface area contributed by atoms with Crippen LogP contribution >= 0.6 is 11.6 Å². The Bertz CT molecular complexity index is 645. The number of rotatable bonds is 2. The number of nitrogens with zero attached hydrogens (tertiary/aromatic N) is 3. The molecular formula is C14H12ClN3O2. The van der Waals surface area contributed by atoms with Crippen LogP contribution in [0.2, 0.25) is 5.15 Å². The third-order valence-electron chi connectivity index (χ3n) is 3.43. The van der Waals surface area contributed by atoms with E-state index in [0.29, 0.717) is 24.1 Å². The molecule has 1 aliphatic heterocycles. The average Bonchev–Trinajstić information content (AvgIpc) is 2.46. The Morgan fingerprint density at radius 3 is 2.75 bits per heavy atom. The molecule has 1 unspecified atom stereocenters. The number of aromatic nitrogens is 2. The van der Waals surface area contributed by atoms with Gasteiger partial charge >= 0.3 is 5.97 Å². The van der Waals surface area contributed by atoms with Gasteiger partial charge < -0.3 is 10.0 Å². The summed E-state index contributed by atoms with van der Waals surface area (Å²) in [7, 11) is 0. The van der Waals surface area contributed by atoms with Crippen molar-refractivity contribution >= 4 is 23.4 Å². The van der Waals surface area contributed by atoms with Crippen molar-refractivity contribution in [3.05, 3.63) is 52.7 Å². The van der Waals surface area contributed by atoms with E-state index in [9.17, 15) is 9.90 Å². The van der Waals surface area contributed by atoms with Crippen molar-refractivity contribution in [2.75, 3.05) is 11.4 Å². The van der Waals surface area contributed by atoms with E-state index in [1.54, 1.807) is 12.1 Å². The number of carboxylic acids is 1. The van der Waals surface area contributed by atoms with E-state index in [4.69, 9.17) is 11.6 Å². The predicted molar refractivity (Wildman–Crippen MR) is 74.9 cm³/mol. The summed E-state index contributed by atoms with van der Waals surface area (Å²) in [4.78, 5) is 13.4. The lowest BCUT2D eigenvalue weighted by molar-refractivity contribution is -0.138. The SMILES string of the molecule is O=C(O)C1CN(c2ccc(Cl)nn2)Cc2ccccc21. The lowest BCUT2D eigenvalue weighted by Gasteiger charge is -2.33. The van der Waals surface area contributed by atoms with Gasteiger partial charge in [0.25, 0.3) is 0 Å². The summed E-state index contributed by atoms with van der Waals surface area (Å²) in [5, 5.41) is 17.6. The first-order chi connectivity index (χ1) is 9.65. The highest BCUT2D eigenvalue weighted by molar-refractivity contribution is 6.29. The second-order valence-electron chi connectivity index (χ2n) is 4.68. The quantitative estimate of drug-likeness (QED) is 0.919. The van der Waals surface area contributed by atoms with Gasteiger partial charge in [-0.15, -0.1) is 10.2 Å². The highest BCUT2D eigenvalue weighted by Gasteiger charge is 2.30. The minimum absolute atomic E-state index is 0.320. The molecule has 102 valence electrons. The summed E-state index contributed by atoms with van der Waals surface area (Å²) < 4.78 is 0. The fourth-order valence-corrected chi connectivity index (χ4v) is 2.57. The first-order valence-corrected chi connectivity index (χ1v) is 6.58. The van der Waals surface area contributed by atoms with Crippen LogP contribution in [-0.4, -0.2) is 27.8 Å². The van der Waals surface area contributed by atoms with E-state index in [2.05, 4.69) is 10.2 Å². The molecule has 0 saturated heterocycles. The summed E-state index contributed by atoms with van der Waals surface area (Å²) in [6.45, 7) is 0.999. The van der Waals surface area contributed by atoms with Gasteiger partial charge in [0, 0.05) is 13.1 Å². The van der Waals surface area contributed by atoms with Gasteiger partial charge in [0.05, 0.1) is 5.92 Å². The number of hydrogen-bond donors (Lipinski definition) is 1. The summed E-state index contributed by atoms with van der Waals surface area (Å²) >= 11 is 5.72. The summed E-state index contributed by atoms with van der Waals surface area (Å²) in [6.07, 6.45) is 0. The predicted octanol–water partition coefficient (Wildman–Crippen LogP) is 2.32. The molecule has 1 atom stereocenters. The zero-order valence-electron chi connectivity index (χ0n) is 10.5. The Hall–Kier alpha value is -2.14. The second-order valence-corrected chi connectivity index (χ2v) is 5.07. The van der Waals surface area contributed by atoms with Crippen molar-refractivity contribution < 1.29 is 9.90 Å². The maximum atomic E-state index is 11.5. The summed E-state index contributed by atoms with van der Waals surface area (Å²) in [5.74, 6) is -0.753. The van der Waals surface area contributed by atoms with Gasteiger partial charge in [-0.2, -0.15) is 0 Å². The van der Waals surface area contributed by atoms with Crippen molar-refractivity contribution in [1.82, 2.24) is 10.2 Å². The number of benzene rings is 1. The van der Waals surface area contributed by atoms with E-state index >= 15 is 0 Å². The van der Waals surface area contributed by atoms with Crippen LogP contribution in [0, 0.1) is 0 Å². The molecule has 2 aromatic rings. The van der Waals surface area contributed by atoms with Gasteiger partial charge in [0.15, 0.2) is 11.0 Å². The standard InChI is InChI=1S/C14H12ClN3O2/c15-12-5-6-13(17-16-12)18-7-9-3-1-2-4-10(9)11(8-18)14(19)20/h1-6,11H,7-8H2,(H,19,20). The maximum Gasteiger partial charge on any atom is 0.312 e. The van der Waals surface area contributed by atoms with Crippen LogP contribution in [0.1, 0.15) is 17.0 Å². The smallest absolute Gasteiger partial charge is 0.312 e. The van der Waals surface area contributed by atoms with Crippen LogP contribution in [0.4, 0.5) is 5.82 Å². The van der Waals surface area contributed by atoms with Crippen molar-refractivity contribution in [3.63, 3.8) is 0 Å². The maximum absolute atomic E-state index is 11.5. The largest absolute Gasteiger partial charge is 0.481 e. The topological polar surface area (TPSA) is 66.3 Å². The molecule has 0 amide bonds. The van der Waals surface area contributed by atoms with Gasteiger partial charge in [0.1, 0.15) is 0 Å². The van der Waals surface area contributed by atoms with Crippen molar-refractivity contribution in [3.8, 4) is 0 Å². The molecule has 20 heavy (non-hydrogen) atoms. The number of carboxylic acid groups (broad SMARTS) is 1. The minimum Gasteiger partial charge on any atom is -0.481 e. The van der Waals surface area contributed by atoms with Crippen LogP contribution in [0.25, 0.3) is 0 Å². The monoisotopic (exact) mass is 289 g/mol. The molecule has 3 rings (SSSR count). The van der Waals surface area contributed by atoms with Crippen LogP contribution in [0.5, 0.6) is 0 Å². The Labute approximate surface area is 120 Å². The molecule has 0 aliphatic carbocycles.